The fourth-order valence-corrected chi connectivity index (χ4v) is 2.60. The number of carbonyl (C=O) groups excluding carboxylic acids is 1. The second kappa shape index (κ2) is 6.53. The Hall–Kier alpha value is -1.47. The summed E-state index contributed by atoms with van der Waals surface area (Å²) in [6, 6.07) is 0. The zero-order valence-corrected chi connectivity index (χ0v) is 12.4. The van der Waals surface area contributed by atoms with E-state index in [0.717, 1.165) is 25.3 Å². The zero-order chi connectivity index (χ0) is 14.7. The molecule has 0 bridgehead atoms. The molecule has 0 aromatic carbocycles. The van der Waals surface area contributed by atoms with Gasteiger partial charge in [0.05, 0.1) is 13.2 Å². The first-order chi connectivity index (χ1) is 10.3. The van der Waals surface area contributed by atoms with E-state index in [1.54, 1.807) is 4.90 Å². The summed E-state index contributed by atoms with van der Waals surface area (Å²) in [5.74, 6) is 1.70. The van der Waals surface area contributed by atoms with Gasteiger partial charge in [0.15, 0.2) is 5.82 Å². The van der Waals surface area contributed by atoms with Gasteiger partial charge >= 0.3 is 0 Å². The van der Waals surface area contributed by atoms with Crippen molar-refractivity contribution in [3.63, 3.8) is 0 Å². The molecule has 3 rings (SSSR count). The van der Waals surface area contributed by atoms with Gasteiger partial charge in [-0.25, -0.2) is 0 Å². The van der Waals surface area contributed by atoms with Crippen molar-refractivity contribution in [1.82, 2.24) is 20.4 Å². The Labute approximate surface area is 124 Å². The lowest BCUT2D eigenvalue weighted by molar-refractivity contribution is -0.145. The normalized spacial score (nSPS) is 22.8. The minimum absolute atomic E-state index is 0.0142. The predicted molar refractivity (Wildman–Crippen MR) is 74.6 cm³/mol. The van der Waals surface area contributed by atoms with E-state index < -0.39 is 6.10 Å². The van der Waals surface area contributed by atoms with Gasteiger partial charge in [-0.2, -0.15) is 4.98 Å². The molecule has 2 fully saturated rings. The average molecular weight is 294 g/mol. The number of amides is 1. The molecule has 21 heavy (non-hydrogen) atoms. The van der Waals surface area contributed by atoms with Crippen LogP contribution in [-0.4, -0.2) is 53.3 Å². The van der Waals surface area contributed by atoms with E-state index in [0.29, 0.717) is 38.0 Å². The minimum Gasteiger partial charge on any atom is -0.366 e. The molecule has 1 aliphatic carbocycles. The van der Waals surface area contributed by atoms with Crippen LogP contribution < -0.4 is 5.32 Å². The monoisotopic (exact) mass is 294 g/mol. The van der Waals surface area contributed by atoms with E-state index in [1.807, 2.05) is 6.92 Å². The van der Waals surface area contributed by atoms with Crippen LogP contribution in [0.4, 0.5) is 0 Å². The summed E-state index contributed by atoms with van der Waals surface area (Å²) in [4.78, 5) is 18.6. The highest BCUT2D eigenvalue weighted by Crippen LogP contribution is 2.35. The SMILES string of the molecule is CCN(Cc1noc(C2CCC2)n1)C(=O)[C@@H]1CNCCO1. The predicted octanol–water partition coefficient (Wildman–Crippen LogP) is 0.674. The molecule has 1 aromatic rings. The lowest BCUT2D eigenvalue weighted by Gasteiger charge is -2.28. The molecule has 1 N–H and O–H groups in total. The van der Waals surface area contributed by atoms with Crippen molar-refractivity contribution in [2.45, 2.75) is 44.8 Å². The fourth-order valence-electron chi connectivity index (χ4n) is 2.60. The molecule has 2 aliphatic rings. The maximum absolute atomic E-state index is 12.4. The number of rotatable bonds is 5. The smallest absolute Gasteiger partial charge is 0.253 e. The summed E-state index contributed by atoms with van der Waals surface area (Å²) in [6.45, 7) is 4.86. The van der Waals surface area contributed by atoms with Crippen LogP contribution in [0.1, 0.15) is 43.8 Å². The Morgan fingerprint density at radius 3 is 2.95 bits per heavy atom. The minimum atomic E-state index is -0.406. The van der Waals surface area contributed by atoms with Gasteiger partial charge < -0.3 is 19.5 Å². The molecule has 1 aromatic heterocycles. The molecule has 2 heterocycles. The highest BCUT2D eigenvalue weighted by Gasteiger charge is 2.29. The quantitative estimate of drug-likeness (QED) is 0.860. The van der Waals surface area contributed by atoms with Crippen molar-refractivity contribution in [2.24, 2.45) is 0 Å². The molecule has 0 spiro atoms. The third-order valence-electron chi connectivity index (χ3n) is 4.17. The molecular weight excluding hydrogens is 272 g/mol. The van der Waals surface area contributed by atoms with E-state index in [2.05, 4.69) is 15.5 Å². The van der Waals surface area contributed by atoms with Crippen LogP contribution in [0.5, 0.6) is 0 Å². The maximum atomic E-state index is 12.4. The van der Waals surface area contributed by atoms with E-state index >= 15 is 0 Å². The van der Waals surface area contributed by atoms with E-state index in [1.165, 1.54) is 6.42 Å². The first kappa shape index (κ1) is 14.5. The highest BCUT2D eigenvalue weighted by molar-refractivity contribution is 5.81. The number of carbonyl (C=O) groups is 1. The van der Waals surface area contributed by atoms with Crippen LogP contribution in [-0.2, 0) is 16.1 Å². The lowest BCUT2D eigenvalue weighted by atomic mass is 9.85. The Kier molecular flexibility index (Phi) is 4.50. The topological polar surface area (TPSA) is 80.5 Å². The highest BCUT2D eigenvalue weighted by atomic mass is 16.5. The fraction of sp³-hybridized carbons (Fsp3) is 0.786. The molecule has 1 atom stereocenters. The first-order valence-corrected chi connectivity index (χ1v) is 7.71. The molecule has 1 aliphatic heterocycles. The van der Waals surface area contributed by atoms with Gasteiger partial charge in [-0.15, -0.1) is 0 Å². The van der Waals surface area contributed by atoms with Crippen LogP contribution >= 0.6 is 0 Å². The van der Waals surface area contributed by atoms with Gasteiger partial charge in [-0.3, -0.25) is 4.79 Å². The van der Waals surface area contributed by atoms with Crippen molar-refractivity contribution in [2.75, 3.05) is 26.2 Å². The summed E-state index contributed by atoms with van der Waals surface area (Å²) in [6.07, 6.45) is 3.07. The Morgan fingerprint density at radius 2 is 2.33 bits per heavy atom. The molecule has 7 heteroatoms. The lowest BCUT2D eigenvalue weighted by Crippen LogP contribution is -2.49. The summed E-state index contributed by atoms with van der Waals surface area (Å²) in [5, 5.41) is 7.17. The van der Waals surface area contributed by atoms with E-state index in [4.69, 9.17) is 9.26 Å². The molecule has 0 radical (unpaired) electrons. The van der Waals surface area contributed by atoms with Crippen LogP contribution in [0.3, 0.4) is 0 Å². The number of likely N-dealkylation sites (N-methyl/N-ethyl adjacent to an activating group) is 1. The molecular formula is C14H22N4O3. The largest absolute Gasteiger partial charge is 0.366 e. The Bertz CT molecular complexity index is 480. The standard InChI is InChI=1S/C14H22N4O3/c1-2-18(14(19)11-8-15-6-7-20-11)9-12-16-13(21-17-12)10-4-3-5-10/h10-11,15H,2-9H2,1H3/t11-/m0/s1. The summed E-state index contributed by atoms with van der Waals surface area (Å²) in [5.41, 5.74) is 0. The van der Waals surface area contributed by atoms with Crippen LogP contribution in [0.25, 0.3) is 0 Å². The number of hydrogen-bond donors (Lipinski definition) is 1. The van der Waals surface area contributed by atoms with Crippen molar-refractivity contribution in [3.8, 4) is 0 Å². The molecule has 116 valence electrons. The first-order valence-electron chi connectivity index (χ1n) is 7.71. The van der Waals surface area contributed by atoms with Gasteiger partial charge in [-0.05, 0) is 19.8 Å². The van der Waals surface area contributed by atoms with Gasteiger partial charge in [0.1, 0.15) is 6.10 Å². The van der Waals surface area contributed by atoms with Gasteiger partial charge in [0, 0.05) is 25.6 Å². The number of nitrogens with zero attached hydrogens (tertiary/aromatic N) is 3. The summed E-state index contributed by atoms with van der Waals surface area (Å²) < 4.78 is 10.8. The second-order valence-electron chi connectivity index (χ2n) is 5.59. The van der Waals surface area contributed by atoms with Crippen molar-refractivity contribution >= 4 is 5.91 Å². The number of hydrogen-bond acceptors (Lipinski definition) is 6. The van der Waals surface area contributed by atoms with Crippen molar-refractivity contribution in [1.29, 1.82) is 0 Å². The van der Waals surface area contributed by atoms with Crippen molar-refractivity contribution < 1.29 is 14.1 Å². The third-order valence-corrected chi connectivity index (χ3v) is 4.17. The van der Waals surface area contributed by atoms with E-state index in [9.17, 15) is 4.79 Å². The second-order valence-corrected chi connectivity index (χ2v) is 5.59. The molecule has 0 unspecified atom stereocenters. The van der Waals surface area contributed by atoms with Crippen LogP contribution in [0.2, 0.25) is 0 Å². The zero-order valence-electron chi connectivity index (χ0n) is 12.4. The number of aromatic nitrogens is 2. The van der Waals surface area contributed by atoms with Crippen LogP contribution in [0.15, 0.2) is 4.52 Å². The maximum Gasteiger partial charge on any atom is 0.253 e. The number of ether oxygens (including phenoxy) is 1. The van der Waals surface area contributed by atoms with Gasteiger partial charge in [-0.1, -0.05) is 11.6 Å². The third kappa shape index (κ3) is 3.24. The van der Waals surface area contributed by atoms with Gasteiger partial charge in [0.25, 0.3) is 5.91 Å². The number of nitrogens with one attached hydrogen (secondary N) is 1. The van der Waals surface area contributed by atoms with Crippen LogP contribution in [0, 0.1) is 0 Å². The van der Waals surface area contributed by atoms with E-state index in [-0.39, 0.29) is 5.91 Å². The Morgan fingerprint density at radius 1 is 1.48 bits per heavy atom. The van der Waals surface area contributed by atoms with Crippen molar-refractivity contribution in [3.05, 3.63) is 11.7 Å². The summed E-state index contributed by atoms with van der Waals surface area (Å²) >= 11 is 0. The molecule has 1 saturated heterocycles. The average Bonchev–Trinajstić information content (AvgIpc) is 2.91. The molecule has 7 nitrogen and oxygen atoms in total. The Balaban J connectivity index is 1.60. The molecule has 1 amide bonds. The number of morpholine rings is 1. The molecule has 1 saturated carbocycles. The summed E-state index contributed by atoms with van der Waals surface area (Å²) in [7, 11) is 0. The van der Waals surface area contributed by atoms with Gasteiger partial charge in [0.2, 0.25) is 5.89 Å².